The van der Waals surface area contributed by atoms with Gasteiger partial charge in [0.15, 0.2) is 0 Å². The molecule has 4 nitrogen and oxygen atoms in total. The summed E-state index contributed by atoms with van der Waals surface area (Å²) in [7, 11) is 0. The van der Waals surface area contributed by atoms with Crippen molar-refractivity contribution in [1.82, 2.24) is 5.06 Å². The lowest BCUT2D eigenvalue weighted by atomic mass is 9.82. The SMILES string of the molecule is CC(C)(C)OOON1C(C)(C)CCCC1(C)C. The molecule has 0 radical (unpaired) electrons. The average Bonchev–Trinajstić information content (AvgIpc) is 2.07. The first-order valence-electron chi connectivity index (χ1n) is 6.37. The number of hydrogen-bond acceptors (Lipinski definition) is 4. The summed E-state index contributed by atoms with van der Waals surface area (Å²) < 4.78 is 0. The first-order valence-corrected chi connectivity index (χ1v) is 6.37. The third-order valence-electron chi connectivity index (χ3n) is 3.07. The molecule has 1 rings (SSSR count). The lowest BCUT2D eigenvalue weighted by molar-refractivity contribution is -0.619. The van der Waals surface area contributed by atoms with E-state index in [0.29, 0.717) is 0 Å². The molecular formula is C13H27NO3. The van der Waals surface area contributed by atoms with Crippen LogP contribution in [-0.2, 0) is 14.9 Å². The van der Waals surface area contributed by atoms with Crippen LogP contribution in [0.15, 0.2) is 0 Å². The Morgan fingerprint density at radius 1 is 0.941 bits per heavy atom. The molecule has 0 aromatic heterocycles. The molecule has 4 heteroatoms. The predicted octanol–water partition coefficient (Wildman–Crippen LogP) is 3.62. The Morgan fingerprint density at radius 2 is 1.41 bits per heavy atom. The van der Waals surface area contributed by atoms with Gasteiger partial charge < -0.3 is 0 Å². The van der Waals surface area contributed by atoms with Crippen molar-refractivity contribution in [3.63, 3.8) is 0 Å². The van der Waals surface area contributed by atoms with Gasteiger partial charge in [0.1, 0.15) is 0 Å². The van der Waals surface area contributed by atoms with Gasteiger partial charge in [-0.05, 0) is 72.8 Å². The standard InChI is InChI=1S/C13H27NO3/c1-11(2,3)15-17-16-14-12(4,5)9-8-10-13(14,6)7/h8-10H2,1-7H3. The van der Waals surface area contributed by atoms with Crippen LogP contribution in [0.3, 0.4) is 0 Å². The Kier molecular flexibility index (Phi) is 4.24. The molecule has 1 saturated heterocycles. The Hall–Kier alpha value is -0.160. The van der Waals surface area contributed by atoms with Crippen molar-refractivity contribution in [2.75, 3.05) is 0 Å². The van der Waals surface area contributed by atoms with Crippen LogP contribution in [0.2, 0.25) is 0 Å². The van der Waals surface area contributed by atoms with E-state index in [2.05, 4.69) is 27.7 Å². The first kappa shape index (κ1) is 14.9. The van der Waals surface area contributed by atoms with Gasteiger partial charge in [-0.15, -0.1) is 10.1 Å². The summed E-state index contributed by atoms with van der Waals surface area (Å²) in [5, 5.41) is 6.85. The van der Waals surface area contributed by atoms with Crippen LogP contribution >= 0.6 is 0 Å². The third kappa shape index (κ3) is 4.21. The topological polar surface area (TPSA) is 30.9 Å². The maximum absolute atomic E-state index is 5.40. The molecule has 0 atom stereocenters. The monoisotopic (exact) mass is 245 g/mol. The van der Waals surface area contributed by atoms with Crippen LogP contribution in [0.5, 0.6) is 0 Å². The van der Waals surface area contributed by atoms with E-state index in [1.54, 1.807) is 0 Å². The van der Waals surface area contributed by atoms with E-state index in [1.807, 2.05) is 25.8 Å². The van der Waals surface area contributed by atoms with E-state index in [-0.39, 0.29) is 16.7 Å². The Bertz CT molecular complexity index is 240. The van der Waals surface area contributed by atoms with Gasteiger partial charge in [-0.1, -0.05) is 0 Å². The maximum Gasteiger partial charge on any atom is 0.0984 e. The van der Waals surface area contributed by atoms with Gasteiger partial charge >= 0.3 is 0 Å². The summed E-state index contributed by atoms with van der Waals surface area (Å²) in [6.45, 7) is 14.4. The minimum absolute atomic E-state index is 0.0387. The van der Waals surface area contributed by atoms with E-state index in [4.69, 9.17) is 14.9 Å². The van der Waals surface area contributed by atoms with Crippen molar-refractivity contribution >= 4 is 0 Å². The van der Waals surface area contributed by atoms with Gasteiger partial charge in [0.05, 0.1) is 5.60 Å². The highest BCUT2D eigenvalue weighted by Crippen LogP contribution is 2.38. The van der Waals surface area contributed by atoms with Gasteiger partial charge in [0.2, 0.25) is 0 Å². The molecule has 0 bridgehead atoms. The maximum atomic E-state index is 5.40. The molecule has 0 unspecified atom stereocenters. The molecule has 0 spiro atoms. The molecule has 0 aromatic carbocycles. The van der Waals surface area contributed by atoms with Gasteiger partial charge in [0.25, 0.3) is 0 Å². The molecule has 0 aromatic rings. The summed E-state index contributed by atoms with van der Waals surface area (Å²) in [4.78, 5) is 10.6. The van der Waals surface area contributed by atoms with E-state index in [0.717, 1.165) is 12.8 Å². The molecule has 0 amide bonds. The Morgan fingerprint density at radius 3 is 1.82 bits per heavy atom. The fourth-order valence-electron chi connectivity index (χ4n) is 2.33. The summed E-state index contributed by atoms with van der Waals surface area (Å²) in [5.41, 5.74) is -0.448. The molecule has 0 aliphatic carbocycles. The molecular weight excluding hydrogens is 218 g/mol. The second kappa shape index (κ2) is 4.84. The van der Waals surface area contributed by atoms with E-state index in [9.17, 15) is 0 Å². The lowest BCUT2D eigenvalue weighted by Gasteiger charge is -2.49. The highest BCUT2D eigenvalue weighted by atomic mass is 17.6. The lowest BCUT2D eigenvalue weighted by Crippen LogP contribution is -2.58. The van der Waals surface area contributed by atoms with Gasteiger partial charge in [-0.3, -0.25) is 0 Å². The molecule has 0 saturated carbocycles. The van der Waals surface area contributed by atoms with Crippen molar-refractivity contribution in [1.29, 1.82) is 0 Å². The van der Waals surface area contributed by atoms with Crippen molar-refractivity contribution in [2.24, 2.45) is 0 Å². The largest absolute Gasteiger partial charge is 0.199 e. The van der Waals surface area contributed by atoms with Gasteiger partial charge in [-0.2, -0.15) is 4.89 Å². The fraction of sp³-hybridized carbons (Fsp3) is 1.00. The van der Waals surface area contributed by atoms with Crippen LogP contribution in [0.25, 0.3) is 0 Å². The second-order valence-corrected chi connectivity index (χ2v) is 7.11. The summed E-state index contributed by atoms with van der Waals surface area (Å²) in [6, 6.07) is 0. The van der Waals surface area contributed by atoms with Crippen LogP contribution in [0.4, 0.5) is 0 Å². The third-order valence-corrected chi connectivity index (χ3v) is 3.07. The molecule has 102 valence electrons. The minimum atomic E-state index is -0.371. The number of hydroxylamine groups is 2. The Labute approximate surface area is 105 Å². The zero-order chi connectivity index (χ0) is 13.3. The molecule has 17 heavy (non-hydrogen) atoms. The average molecular weight is 245 g/mol. The Balaban J connectivity index is 2.58. The van der Waals surface area contributed by atoms with E-state index < -0.39 is 0 Å². The molecule has 1 aliphatic heterocycles. The molecule has 0 N–H and O–H groups in total. The van der Waals surface area contributed by atoms with Gasteiger partial charge in [-0.25, -0.2) is 0 Å². The number of piperidine rings is 1. The zero-order valence-electron chi connectivity index (χ0n) is 12.3. The molecule has 1 fully saturated rings. The fourth-order valence-corrected chi connectivity index (χ4v) is 2.33. The highest BCUT2D eigenvalue weighted by molar-refractivity contribution is 4.92. The normalized spacial score (nSPS) is 24.9. The molecule has 1 heterocycles. The zero-order valence-corrected chi connectivity index (χ0v) is 12.3. The molecule has 1 aliphatic rings. The van der Waals surface area contributed by atoms with Crippen LogP contribution in [-0.4, -0.2) is 21.7 Å². The van der Waals surface area contributed by atoms with Crippen molar-refractivity contribution in [3.05, 3.63) is 0 Å². The minimum Gasteiger partial charge on any atom is -0.199 e. The van der Waals surface area contributed by atoms with Crippen molar-refractivity contribution in [3.8, 4) is 0 Å². The number of hydrogen-bond donors (Lipinski definition) is 0. The van der Waals surface area contributed by atoms with Crippen molar-refractivity contribution < 1.29 is 14.9 Å². The highest BCUT2D eigenvalue weighted by Gasteiger charge is 2.43. The predicted molar refractivity (Wildman–Crippen MR) is 66.9 cm³/mol. The summed E-state index contributed by atoms with van der Waals surface area (Å²) in [6.07, 6.45) is 3.39. The smallest absolute Gasteiger partial charge is 0.0984 e. The first-order chi connectivity index (χ1) is 7.55. The summed E-state index contributed by atoms with van der Waals surface area (Å²) >= 11 is 0. The van der Waals surface area contributed by atoms with Crippen LogP contribution < -0.4 is 0 Å². The second-order valence-electron chi connectivity index (χ2n) is 7.11. The summed E-state index contributed by atoms with van der Waals surface area (Å²) in [5.74, 6) is 0. The number of rotatable bonds is 3. The van der Waals surface area contributed by atoms with Crippen LogP contribution in [0, 0.1) is 0 Å². The van der Waals surface area contributed by atoms with Crippen molar-refractivity contribution in [2.45, 2.75) is 84.4 Å². The van der Waals surface area contributed by atoms with Crippen LogP contribution in [0.1, 0.15) is 67.7 Å². The number of nitrogens with zero attached hydrogens (tertiary/aromatic N) is 1. The quantitative estimate of drug-likeness (QED) is 0.561. The van der Waals surface area contributed by atoms with E-state index >= 15 is 0 Å². The van der Waals surface area contributed by atoms with Gasteiger partial charge in [0, 0.05) is 11.1 Å². The van der Waals surface area contributed by atoms with E-state index in [1.165, 1.54) is 6.42 Å².